The minimum Gasteiger partial charge on any atom is -0.481 e. The number of hydrogen-bond acceptors (Lipinski definition) is 2. The first-order valence-electron chi connectivity index (χ1n) is 5.72. The van der Waals surface area contributed by atoms with Gasteiger partial charge < -0.3 is 10.4 Å². The fourth-order valence-corrected chi connectivity index (χ4v) is 1.53. The number of aryl methyl sites for hydroxylation is 1. The zero-order chi connectivity index (χ0) is 13.7. The average Bonchev–Trinajstić information content (AvgIpc) is 2.32. The van der Waals surface area contributed by atoms with Gasteiger partial charge in [0.25, 0.3) is 5.91 Å². The summed E-state index contributed by atoms with van der Waals surface area (Å²) in [4.78, 5) is 22.5. The van der Waals surface area contributed by atoms with Gasteiger partial charge in [-0.2, -0.15) is 0 Å². The van der Waals surface area contributed by atoms with Gasteiger partial charge in [0.15, 0.2) is 0 Å². The summed E-state index contributed by atoms with van der Waals surface area (Å²) in [5.41, 5.74) is 0.710. The fraction of sp³-hybridized carbons (Fsp3) is 0.385. The normalized spacial score (nSPS) is 11.9. The van der Waals surface area contributed by atoms with E-state index in [0.717, 1.165) is 5.56 Å². The number of carboxylic acids is 1. The summed E-state index contributed by atoms with van der Waals surface area (Å²) >= 11 is 0. The van der Waals surface area contributed by atoms with Crippen molar-refractivity contribution >= 4 is 11.9 Å². The lowest BCUT2D eigenvalue weighted by Crippen LogP contribution is -2.33. The van der Waals surface area contributed by atoms with Crippen LogP contribution in [0.2, 0.25) is 0 Å². The standard InChI is InChI=1S/C13H16FNO3/c1-3-9(13(17)18)7-15-12(16)10-6-8(2)4-5-11(10)14/h4-6,9H,3,7H2,1-2H3,(H,15,16)(H,17,18). The van der Waals surface area contributed by atoms with Crippen molar-refractivity contribution in [3.8, 4) is 0 Å². The van der Waals surface area contributed by atoms with E-state index in [2.05, 4.69) is 5.32 Å². The van der Waals surface area contributed by atoms with Crippen molar-refractivity contribution in [3.05, 3.63) is 35.1 Å². The summed E-state index contributed by atoms with van der Waals surface area (Å²) in [5.74, 6) is -2.82. The molecule has 0 spiro atoms. The van der Waals surface area contributed by atoms with Gasteiger partial charge in [0.2, 0.25) is 0 Å². The number of carboxylic acid groups (broad SMARTS) is 1. The molecule has 0 aromatic heterocycles. The lowest BCUT2D eigenvalue weighted by Gasteiger charge is -2.11. The molecule has 0 aliphatic carbocycles. The first-order valence-corrected chi connectivity index (χ1v) is 5.72. The van der Waals surface area contributed by atoms with Crippen LogP contribution in [0, 0.1) is 18.7 Å². The van der Waals surface area contributed by atoms with Gasteiger partial charge in [0.1, 0.15) is 5.82 Å². The van der Waals surface area contributed by atoms with Crippen LogP contribution in [0.4, 0.5) is 4.39 Å². The minimum atomic E-state index is -0.970. The van der Waals surface area contributed by atoms with Gasteiger partial charge >= 0.3 is 5.97 Å². The van der Waals surface area contributed by atoms with E-state index >= 15 is 0 Å². The summed E-state index contributed by atoms with van der Waals surface area (Å²) in [6.45, 7) is 3.47. The second-order valence-corrected chi connectivity index (χ2v) is 4.14. The van der Waals surface area contributed by atoms with E-state index in [1.54, 1.807) is 19.9 Å². The molecule has 1 aromatic rings. The van der Waals surface area contributed by atoms with Gasteiger partial charge in [-0.05, 0) is 25.5 Å². The molecule has 1 unspecified atom stereocenters. The molecule has 1 amide bonds. The maximum absolute atomic E-state index is 13.4. The van der Waals surface area contributed by atoms with Crippen LogP contribution in [0.5, 0.6) is 0 Å². The second-order valence-electron chi connectivity index (χ2n) is 4.14. The van der Waals surface area contributed by atoms with Crippen molar-refractivity contribution in [1.82, 2.24) is 5.32 Å². The van der Waals surface area contributed by atoms with Crippen molar-refractivity contribution in [3.63, 3.8) is 0 Å². The highest BCUT2D eigenvalue weighted by atomic mass is 19.1. The summed E-state index contributed by atoms with van der Waals surface area (Å²) in [6, 6.07) is 4.23. The molecule has 0 aliphatic heterocycles. The maximum Gasteiger partial charge on any atom is 0.308 e. The molecule has 0 radical (unpaired) electrons. The third-order valence-corrected chi connectivity index (χ3v) is 2.72. The Hall–Kier alpha value is -1.91. The monoisotopic (exact) mass is 253 g/mol. The number of rotatable bonds is 5. The number of carbonyl (C=O) groups excluding carboxylic acids is 1. The van der Waals surface area contributed by atoms with Crippen LogP contribution in [0.15, 0.2) is 18.2 Å². The van der Waals surface area contributed by atoms with E-state index in [4.69, 9.17) is 5.11 Å². The Morgan fingerprint density at radius 2 is 2.11 bits per heavy atom. The van der Waals surface area contributed by atoms with E-state index < -0.39 is 23.6 Å². The molecule has 5 heteroatoms. The summed E-state index contributed by atoms with van der Waals surface area (Å²) in [7, 11) is 0. The van der Waals surface area contributed by atoms with E-state index in [1.165, 1.54) is 12.1 Å². The molecule has 0 saturated heterocycles. The van der Waals surface area contributed by atoms with Gasteiger partial charge in [-0.25, -0.2) is 4.39 Å². The smallest absolute Gasteiger partial charge is 0.308 e. The first kappa shape index (κ1) is 14.2. The predicted molar refractivity (Wildman–Crippen MR) is 64.9 cm³/mol. The van der Waals surface area contributed by atoms with Crippen LogP contribution >= 0.6 is 0 Å². The molecule has 0 aliphatic rings. The lowest BCUT2D eigenvalue weighted by molar-refractivity contribution is -0.141. The third-order valence-electron chi connectivity index (χ3n) is 2.72. The minimum absolute atomic E-state index is 0.00194. The molecule has 1 atom stereocenters. The number of benzene rings is 1. The zero-order valence-corrected chi connectivity index (χ0v) is 10.4. The summed E-state index contributed by atoms with van der Waals surface area (Å²) in [5, 5.41) is 11.3. The van der Waals surface area contributed by atoms with Crippen molar-refractivity contribution in [2.75, 3.05) is 6.54 Å². The Labute approximate surface area is 105 Å². The molecule has 98 valence electrons. The summed E-state index contributed by atoms with van der Waals surface area (Å²) in [6.07, 6.45) is 0.409. The lowest BCUT2D eigenvalue weighted by atomic mass is 10.1. The molecule has 0 fully saturated rings. The van der Waals surface area contributed by atoms with Crippen molar-refractivity contribution in [2.45, 2.75) is 20.3 Å². The van der Waals surface area contributed by atoms with Crippen LogP contribution in [-0.4, -0.2) is 23.5 Å². The number of nitrogens with one attached hydrogen (secondary N) is 1. The van der Waals surface area contributed by atoms with Crippen LogP contribution in [-0.2, 0) is 4.79 Å². The molecule has 0 saturated carbocycles. The van der Waals surface area contributed by atoms with Crippen molar-refractivity contribution < 1.29 is 19.1 Å². The molecule has 2 N–H and O–H groups in total. The van der Waals surface area contributed by atoms with E-state index in [-0.39, 0.29) is 12.1 Å². The Bertz CT molecular complexity index is 460. The largest absolute Gasteiger partial charge is 0.481 e. The van der Waals surface area contributed by atoms with Crippen LogP contribution in [0.25, 0.3) is 0 Å². The number of halogens is 1. The van der Waals surface area contributed by atoms with Crippen LogP contribution < -0.4 is 5.32 Å². The Balaban J connectivity index is 2.71. The van der Waals surface area contributed by atoms with Gasteiger partial charge in [-0.1, -0.05) is 18.6 Å². The Morgan fingerprint density at radius 1 is 1.44 bits per heavy atom. The maximum atomic E-state index is 13.4. The molecule has 0 bridgehead atoms. The molecule has 0 heterocycles. The summed E-state index contributed by atoms with van der Waals surface area (Å²) < 4.78 is 13.4. The molecular weight excluding hydrogens is 237 g/mol. The highest BCUT2D eigenvalue weighted by molar-refractivity contribution is 5.94. The number of aliphatic carboxylic acids is 1. The number of carbonyl (C=O) groups is 2. The number of hydrogen-bond donors (Lipinski definition) is 2. The first-order chi connectivity index (χ1) is 8.45. The van der Waals surface area contributed by atoms with Gasteiger partial charge in [0, 0.05) is 6.54 Å². The topological polar surface area (TPSA) is 66.4 Å². The molecular formula is C13H16FNO3. The van der Waals surface area contributed by atoms with Gasteiger partial charge in [-0.3, -0.25) is 9.59 Å². The van der Waals surface area contributed by atoms with Crippen molar-refractivity contribution in [1.29, 1.82) is 0 Å². The average molecular weight is 253 g/mol. The molecule has 18 heavy (non-hydrogen) atoms. The van der Waals surface area contributed by atoms with Crippen LogP contribution in [0.1, 0.15) is 29.3 Å². The van der Waals surface area contributed by atoms with Crippen molar-refractivity contribution in [2.24, 2.45) is 5.92 Å². The van der Waals surface area contributed by atoms with Crippen LogP contribution in [0.3, 0.4) is 0 Å². The molecule has 4 nitrogen and oxygen atoms in total. The molecule has 1 aromatic carbocycles. The Morgan fingerprint density at radius 3 is 2.67 bits per heavy atom. The fourth-order valence-electron chi connectivity index (χ4n) is 1.53. The van der Waals surface area contributed by atoms with E-state index in [1.807, 2.05) is 0 Å². The third kappa shape index (κ3) is 3.55. The van der Waals surface area contributed by atoms with E-state index in [9.17, 15) is 14.0 Å². The van der Waals surface area contributed by atoms with Gasteiger partial charge in [-0.15, -0.1) is 0 Å². The van der Waals surface area contributed by atoms with E-state index in [0.29, 0.717) is 6.42 Å². The van der Waals surface area contributed by atoms with Gasteiger partial charge in [0.05, 0.1) is 11.5 Å². The quantitative estimate of drug-likeness (QED) is 0.843. The second kappa shape index (κ2) is 6.14. The zero-order valence-electron chi connectivity index (χ0n) is 10.4. The highest BCUT2D eigenvalue weighted by Gasteiger charge is 2.18. The number of amides is 1. The highest BCUT2D eigenvalue weighted by Crippen LogP contribution is 2.10. The Kier molecular flexibility index (Phi) is 4.83. The predicted octanol–water partition coefficient (Wildman–Crippen LogP) is 1.97. The SMILES string of the molecule is CCC(CNC(=O)c1cc(C)ccc1F)C(=O)O. The molecule has 1 rings (SSSR count).